The maximum atomic E-state index is 11.3. The van der Waals surface area contributed by atoms with E-state index in [2.05, 4.69) is 10.3 Å². The summed E-state index contributed by atoms with van der Waals surface area (Å²) < 4.78 is 16.6. The van der Waals surface area contributed by atoms with Gasteiger partial charge in [-0.3, -0.25) is 9.78 Å². The molecule has 1 aromatic heterocycles. The number of methoxy groups -OCH3 is 2. The summed E-state index contributed by atoms with van der Waals surface area (Å²) in [6, 6.07) is 12.6. The Bertz CT molecular complexity index is 924. The Hall–Kier alpha value is -3.28. The minimum Gasteiger partial charge on any atom is -0.497 e. The number of aromatic nitrogens is 1. The van der Waals surface area contributed by atoms with Gasteiger partial charge in [-0.15, -0.1) is 0 Å². The third-order valence-corrected chi connectivity index (χ3v) is 3.57. The highest BCUT2D eigenvalue weighted by Gasteiger charge is 2.09. The predicted octanol–water partition coefficient (Wildman–Crippen LogP) is 4.00. The number of fused-ring (bicyclic) bond motifs is 1. The lowest BCUT2D eigenvalue weighted by Crippen LogP contribution is -2.06. The number of anilines is 1. The first kappa shape index (κ1) is 16.6. The number of nitrogens with zero attached hydrogens (tertiary/aromatic N) is 1. The predicted molar refractivity (Wildman–Crippen MR) is 95.7 cm³/mol. The third-order valence-electron chi connectivity index (χ3n) is 3.57. The first-order valence-corrected chi connectivity index (χ1v) is 7.66. The summed E-state index contributed by atoms with van der Waals surface area (Å²) in [6.07, 6.45) is 1.68. The van der Waals surface area contributed by atoms with E-state index in [1.165, 1.54) is 6.92 Å². The van der Waals surface area contributed by atoms with Crippen LogP contribution in [0.5, 0.6) is 23.0 Å². The van der Waals surface area contributed by atoms with Gasteiger partial charge < -0.3 is 19.5 Å². The van der Waals surface area contributed by atoms with Gasteiger partial charge in [-0.1, -0.05) is 0 Å². The van der Waals surface area contributed by atoms with E-state index in [4.69, 9.17) is 14.2 Å². The molecule has 0 unspecified atom stereocenters. The highest BCUT2D eigenvalue weighted by molar-refractivity contribution is 5.89. The van der Waals surface area contributed by atoms with Crippen LogP contribution in [0.15, 0.2) is 48.7 Å². The molecule has 0 spiro atoms. The van der Waals surface area contributed by atoms with Gasteiger partial charge in [0.1, 0.15) is 23.0 Å². The molecule has 3 rings (SSSR count). The quantitative estimate of drug-likeness (QED) is 0.761. The van der Waals surface area contributed by atoms with Gasteiger partial charge in [0.15, 0.2) is 0 Å². The Balaban J connectivity index is 2.01. The van der Waals surface area contributed by atoms with Crippen LogP contribution in [0.1, 0.15) is 6.92 Å². The first-order chi connectivity index (χ1) is 12.1. The topological polar surface area (TPSA) is 69.7 Å². The Morgan fingerprint density at radius 3 is 2.44 bits per heavy atom. The number of hydrogen-bond donors (Lipinski definition) is 1. The van der Waals surface area contributed by atoms with Crippen LogP contribution in [0.3, 0.4) is 0 Å². The molecule has 0 aliphatic carbocycles. The van der Waals surface area contributed by atoms with Gasteiger partial charge in [-0.2, -0.15) is 0 Å². The summed E-state index contributed by atoms with van der Waals surface area (Å²) in [4.78, 5) is 15.6. The number of amides is 1. The molecule has 3 aromatic rings. The maximum absolute atomic E-state index is 11.3. The fraction of sp³-hybridized carbons (Fsp3) is 0.158. The smallest absolute Gasteiger partial charge is 0.221 e. The molecule has 6 heteroatoms. The summed E-state index contributed by atoms with van der Waals surface area (Å²) in [6.45, 7) is 1.45. The maximum Gasteiger partial charge on any atom is 0.221 e. The lowest BCUT2D eigenvalue weighted by atomic mass is 10.2. The molecule has 1 N–H and O–H groups in total. The number of nitrogens with one attached hydrogen (secondary N) is 1. The third kappa shape index (κ3) is 3.80. The minimum atomic E-state index is -0.168. The second-order valence-electron chi connectivity index (χ2n) is 5.37. The van der Waals surface area contributed by atoms with E-state index in [9.17, 15) is 4.79 Å². The molecule has 0 aliphatic heterocycles. The summed E-state index contributed by atoms with van der Waals surface area (Å²) >= 11 is 0. The van der Waals surface area contributed by atoms with E-state index in [0.717, 1.165) is 16.7 Å². The van der Waals surface area contributed by atoms with Crippen molar-refractivity contribution in [1.29, 1.82) is 0 Å². The second kappa shape index (κ2) is 7.09. The molecule has 0 radical (unpaired) electrons. The van der Waals surface area contributed by atoms with Crippen LogP contribution in [0.2, 0.25) is 0 Å². The summed E-state index contributed by atoms with van der Waals surface area (Å²) in [5.74, 6) is 2.30. The molecule has 0 saturated heterocycles. The average Bonchev–Trinajstić information content (AvgIpc) is 2.60. The normalized spacial score (nSPS) is 10.4. The highest BCUT2D eigenvalue weighted by atomic mass is 16.5. The van der Waals surface area contributed by atoms with Crippen LogP contribution in [-0.2, 0) is 4.79 Å². The molecule has 0 aliphatic rings. The van der Waals surface area contributed by atoms with Crippen molar-refractivity contribution >= 4 is 22.5 Å². The standard InChI is InChI=1S/C19H18N2O4/c1-12(22)21-13-8-15(24-3)10-16(9-13)25-19-6-7-20-18-5-4-14(23-2)11-17(18)19/h4-11H,1-3H3,(H,21,22). The first-order valence-electron chi connectivity index (χ1n) is 7.66. The van der Waals surface area contributed by atoms with Crippen molar-refractivity contribution in [3.8, 4) is 23.0 Å². The molecular formula is C19H18N2O4. The van der Waals surface area contributed by atoms with Crippen molar-refractivity contribution < 1.29 is 19.0 Å². The molecule has 6 nitrogen and oxygen atoms in total. The molecule has 1 heterocycles. The highest BCUT2D eigenvalue weighted by Crippen LogP contribution is 2.34. The van der Waals surface area contributed by atoms with Crippen molar-refractivity contribution in [2.24, 2.45) is 0 Å². The van der Waals surface area contributed by atoms with Gasteiger partial charge in [-0.05, 0) is 24.3 Å². The number of pyridine rings is 1. The van der Waals surface area contributed by atoms with Crippen molar-refractivity contribution in [1.82, 2.24) is 4.98 Å². The van der Waals surface area contributed by atoms with Crippen molar-refractivity contribution in [3.05, 3.63) is 48.7 Å². The molecule has 0 saturated carbocycles. The lowest BCUT2D eigenvalue weighted by Gasteiger charge is -2.12. The van der Waals surface area contributed by atoms with Gasteiger partial charge in [-0.25, -0.2) is 0 Å². The molecular weight excluding hydrogens is 320 g/mol. The number of carbonyl (C=O) groups excluding carboxylic acids is 1. The zero-order chi connectivity index (χ0) is 17.8. The number of benzene rings is 2. The Kier molecular flexibility index (Phi) is 4.70. The van der Waals surface area contributed by atoms with E-state index in [-0.39, 0.29) is 5.91 Å². The van der Waals surface area contributed by atoms with Crippen molar-refractivity contribution in [3.63, 3.8) is 0 Å². The van der Waals surface area contributed by atoms with E-state index in [1.807, 2.05) is 18.2 Å². The van der Waals surface area contributed by atoms with Crippen LogP contribution in [-0.4, -0.2) is 25.1 Å². The molecule has 0 atom stereocenters. The molecule has 2 aromatic carbocycles. The fourth-order valence-electron chi connectivity index (χ4n) is 2.47. The zero-order valence-electron chi connectivity index (χ0n) is 14.2. The molecule has 25 heavy (non-hydrogen) atoms. The van der Waals surface area contributed by atoms with Gasteiger partial charge in [0.2, 0.25) is 5.91 Å². The SMILES string of the molecule is COc1cc(NC(C)=O)cc(Oc2ccnc3ccc(OC)cc23)c1. The van der Waals surface area contributed by atoms with Gasteiger partial charge in [0, 0.05) is 42.4 Å². The van der Waals surface area contributed by atoms with Crippen LogP contribution in [0, 0.1) is 0 Å². The number of ether oxygens (including phenoxy) is 3. The second-order valence-corrected chi connectivity index (χ2v) is 5.37. The van der Waals surface area contributed by atoms with E-state index < -0.39 is 0 Å². The minimum absolute atomic E-state index is 0.168. The van der Waals surface area contributed by atoms with Gasteiger partial charge in [0.25, 0.3) is 0 Å². The largest absolute Gasteiger partial charge is 0.497 e. The summed E-state index contributed by atoms with van der Waals surface area (Å²) in [5.41, 5.74) is 1.39. The van der Waals surface area contributed by atoms with Crippen LogP contribution >= 0.6 is 0 Å². The number of hydrogen-bond acceptors (Lipinski definition) is 5. The summed E-state index contributed by atoms with van der Waals surface area (Å²) in [7, 11) is 3.17. The Morgan fingerprint density at radius 2 is 1.72 bits per heavy atom. The van der Waals surface area contributed by atoms with Crippen LogP contribution in [0.4, 0.5) is 5.69 Å². The number of rotatable bonds is 5. The number of carbonyl (C=O) groups is 1. The zero-order valence-corrected chi connectivity index (χ0v) is 14.2. The Labute approximate surface area is 145 Å². The molecule has 0 fully saturated rings. The van der Waals surface area contributed by atoms with Gasteiger partial charge in [0.05, 0.1) is 19.7 Å². The lowest BCUT2D eigenvalue weighted by molar-refractivity contribution is -0.114. The van der Waals surface area contributed by atoms with E-state index in [0.29, 0.717) is 22.9 Å². The molecule has 128 valence electrons. The van der Waals surface area contributed by atoms with Gasteiger partial charge >= 0.3 is 0 Å². The fourth-order valence-corrected chi connectivity index (χ4v) is 2.47. The Morgan fingerprint density at radius 1 is 0.960 bits per heavy atom. The van der Waals surface area contributed by atoms with Crippen molar-refractivity contribution in [2.45, 2.75) is 6.92 Å². The average molecular weight is 338 g/mol. The van der Waals surface area contributed by atoms with Crippen molar-refractivity contribution in [2.75, 3.05) is 19.5 Å². The molecule has 1 amide bonds. The monoisotopic (exact) mass is 338 g/mol. The summed E-state index contributed by atoms with van der Waals surface area (Å²) in [5, 5.41) is 3.55. The van der Waals surface area contributed by atoms with E-state index in [1.54, 1.807) is 44.7 Å². The molecule has 0 bridgehead atoms. The van der Waals surface area contributed by atoms with E-state index >= 15 is 0 Å². The van der Waals surface area contributed by atoms with Crippen LogP contribution in [0.25, 0.3) is 10.9 Å². The van der Waals surface area contributed by atoms with Crippen LogP contribution < -0.4 is 19.5 Å².